The predicted molar refractivity (Wildman–Crippen MR) is 342 cm³/mol. The lowest BCUT2D eigenvalue weighted by Crippen LogP contribution is -2.55. The lowest BCUT2D eigenvalue weighted by Gasteiger charge is -2.32. The van der Waals surface area contributed by atoms with E-state index in [9.17, 15) is 43.2 Å². The van der Waals surface area contributed by atoms with Crippen molar-refractivity contribution in [2.24, 2.45) is 29.2 Å². The lowest BCUT2D eigenvalue weighted by atomic mass is 10.0. The number of thioether (sulfide) groups is 1. The van der Waals surface area contributed by atoms with Crippen LogP contribution in [0.3, 0.4) is 0 Å². The Morgan fingerprint density at radius 2 is 1.03 bits per heavy atom. The number of rotatable bonds is 19. The summed E-state index contributed by atoms with van der Waals surface area (Å²) in [6, 6.07) is 32.8. The van der Waals surface area contributed by atoms with Gasteiger partial charge in [0.15, 0.2) is 0 Å². The van der Waals surface area contributed by atoms with Crippen molar-refractivity contribution < 1.29 is 43.2 Å². The molecule has 2 heterocycles. The molecule has 0 aromatic heterocycles. The molecule has 474 valence electrons. The molecule has 20 heteroatoms. The van der Waals surface area contributed by atoms with E-state index in [1.54, 1.807) is 12.1 Å². The first-order chi connectivity index (χ1) is 42.4. The van der Waals surface area contributed by atoms with Gasteiger partial charge in [0, 0.05) is 74.6 Å². The Labute approximate surface area is 523 Å². The number of nitrogens with zero attached hydrogens (tertiary/aromatic N) is 4. The van der Waals surface area contributed by atoms with Crippen molar-refractivity contribution in [1.82, 2.24) is 40.9 Å². The summed E-state index contributed by atoms with van der Waals surface area (Å²) in [5, 5.41) is 12.6. The van der Waals surface area contributed by atoms with Crippen molar-refractivity contribution in [2.45, 2.75) is 140 Å². The van der Waals surface area contributed by atoms with E-state index in [4.69, 9.17) is 11.5 Å². The van der Waals surface area contributed by atoms with E-state index in [0.717, 1.165) is 60.8 Å². The molecular weight excluding hydrogens is 1130 g/mol. The van der Waals surface area contributed by atoms with Crippen LogP contribution in [0.15, 0.2) is 115 Å². The smallest absolute Gasteiger partial charge is 0.251 e. The van der Waals surface area contributed by atoms with Crippen molar-refractivity contribution >= 4 is 64.9 Å². The fourth-order valence-electron chi connectivity index (χ4n) is 11.2. The standard InChI is InChI=1S/C68H92N10O9S/c1-48(2)33-57-40-77(66(85)37-52-22-23-52)44-61(80)71-56(21-13-6-14-31-69)39-76(65(84)36-51-19-11-5-12-20-51)45-63(82)73-58(34-49-15-7-3-8-16-49)41-75(43-60(70)79)64(83)30-32-88-47-54-26-28-55(29-27-54)68(87)74-59(35-50-17-9-4-10-18-50)42-78(46-62(81)72-57)67(86)38-53-24-25-53/h3-5,7-12,15-20,26-29,48,52-53,56-59H,6,13-14,21-25,30-47,69H2,1-2H3,(H2,70,79)(H,71,80)(H,72,81)(H,73,82)(H,74,87)/t56-,57-,58-,59-/m0/s1. The molecule has 9 amide bonds. The van der Waals surface area contributed by atoms with Crippen LogP contribution in [-0.4, -0.2) is 162 Å². The Morgan fingerprint density at radius 1 is 0.557 bits per heavy atom. The third-order valence-electron chi connectivity index (χ3n) is 16.1. The molecule has 4 aromatic rings. The number of amides is 9. The molecular formula is C68H92N10O9S. The fourth-order valence-corrected chi connectivity index (χ4v) is 12.1. The number of carbonyl (C=O) groups is 9. The van der Waals surface area contributed by atoms with E-state index in [2.05, 4.69) is 21.3 Å². The lowest BCUT2D eigenvalue weighted by molar-refractivity contribution is -0.139. The number of benzene rings is 4. The van der Waals surface area contributed by atoms with Gasteiger partial charge in [-0.25, -0.2) is 0 Å². The maximum atomic E-state index is 14.6. The first kappa shape index (κ1) is 67.9. The van der Waals surface area contributed by atoms with Gasteiger partial charge in [0.1, 0.15) is 0 Å². The van der Waals surface area contributed by atoms with E-state index in [1.807, 2.05) is 117 Å². The average Bonchev–Trinajstić information content (AvgIpc) is 3.98. The largest absolute Gasteiger partial charge is 0.368 e. The number of fused-ring (bicyclic) bond motifs is 29. The van der Waals surface area contributed by atoms with Crippen molar-refractivity contribution in [2.75, 3.05) is 64.7 Å². The quantitative estimate of drug-likeness (QED) is 0.0499. The summed E-state index contributed by atoms with van der Waals surface area (Å²) >= 11 is 1.50. The van der Waals surface area contributed by atoms with Gasteiger partial charge in [-0.05, 0) is 116 Å². The molecule has 2 aliphatic carbocycles. The number of carbonyl (C=O) groups excluding carboxylic acids is 9. The molecule has 2 fully saturated rings. The molecule has 2 bridgehead atoms. The monoisotopic (exact) mass is 1220 g/mol. The molecule has 88 heavy (non-hydrogen) atoms. The zero-order valence-electron chi connectivity index (χ0n) is 51.4. The first-order valence-electron chi connectivity index (χ1n) is 31.5. The normalized spacial score (nSPS) is 20.5. The Kier molecular flexibility index (Phi) is 27.3. The van der Waals surface area contributed by atoms with Crippen LogP contribution >= 0.6 is 11.8 Å². The van der Waals surface area contributed by atoms with Crippen molar-refractivity contribution in [3.8, 4) is 0 Å². The van der Waals surface area contributed by atoms with Crippen LogP contribution in [-0.2, 0) is 63.4 Å². The number of hydrogen-bond donors (Lipinski definition) is 6. The molecule has 0 radical (unpaired) electrons. The van der Waals surface area contributed by atoms with Crippen LogP contribution in [0, 0.1) is 17.8 Å². The Hall–Kier alpha value is -7.58. The number of hydrogen-bond acceptors (Lipinski definition) is 11. The SMILES string of the molecule is CC(C)C[C@H]1CN(C(=O)CC2CC2)CC(=O)N[C@@H](CCCCCN)CN(C(=O)Cc2ccccc2)CC(=O)N[C@@H](Cc2ccccc2)CN(CC(N)=O)C(=O)CCSCc2ccc(cc2)C(=O)N[C@@H](Cc2ccccc2)CN(C(=O)CC2CC2)CC(=O)N1. The molecule has 8 N–H and O–H groups in total. The minimum absolute atomic E-state index is 0.0126. The van der Waals surface area contributed by atoms with Crippen LogP contribution in [0.5, 0.6) is 0 Å². The molecule has 2 aliphatic heterocycles. The molecule has 0 spiro atoms. The second-order valence-electron chi connectivity index (χ2n) is 24.6. The van der Waals surface area contributed by atoms with E-state index < -0.39 is 54.3 Å². The second-order valence-corrected chi connectivity index (χ2v) is 25.7. The molecule has 0 saturated heterocycles. The minimum atomic E-state index is -0.723. The molecule has 8 rings (SSSR count). The fraction of sp³-hybridized carbons (Fsp3) is 0.515. The second kappa shape index (κ2) is 35.4. The molecule has 4 atom stereocenters. The van der Waals surface area contributed by atoms with Crippen LogP contribution in [0.2, 0.25) is 0 Å². The number of primary amides is 1. The van der Waals surface area contributed by atoms with E-state index in [0.29, 0.717) is 49.3 Å². The first-order valence-corrected chi connectivity index (χ1v) is 32.7. The predicted octanol–water partition coefficient (Wildman–Crippen LogP) is 5.57. The third kappa shape index (κ3) is 24.9. The summed E-state index contributed by atoms with van der Waals surface area (Å²) in [6.45, 7) is 3.00. The van der Waals surface area contributed by atoms with Crippen LogP contribution in [0.25, 0.3) is 0 Å². The topological polar surface area (TPSA) is 267 Å². The highest BCUT2D eigenvalue weighted by Gasteiger charge is 2.34. The summed E-state index contributed by atoms with van der Waals surface area (Å²) in [6.07, 6.45) is 7.76. The minimum Gasteiger partial charge on any atom is -0.368 e. The van der Waals surface area contributed by atoms with E-state index in [-0.39, 0.29) is 125 Å². The Morgan fingerprint density at radius 3 is 1.55 bits per heavy atom. The third-order valence-corrected chi connectivity index (χ3v) is 17.1. The Bertz CT molecular complexity index is 2910. The number of nitrogens with one attached hydrogen (secondary N) is 4. The highest BCUT2D eigenvalue weighted by Crippen LogP contribution is 2.34. The summed E-state index contributed by atoms with van der Waals surface area (Å²) in [5.74, 6) is -2.29. The highest BCUT2D eigenvalue weighted by molar-refractivity contribution is 7.98. The van der Waals surface area contributed by atoms with Gasteiger partial charge in [-0.3, -0.25) is 43.2 Å². The average molecular weight is 1230 g/mol. The maximum absolute atomic E-state index is 14.6. The molecule has 19 nitrogen and oxygen atoms in total. The number of nitrogens with two attached hydrogens (primary N) is 2. The van der Waals surface area contributed by atoms with E-state index in [1.165, 1.54) is 31.4 Å². The zero-order valence-corrected chi connectivity index (χ0v) is 52.2. The van der Waals surface area contributed by atoms with Gasteiger partial charge in [-0.2, -0.15) is 11.8 Å². The molecule has 4 aromatic carbocycles. The summed E-state index contributed by atoms with van der Waals surface area (Å²) in [4.78, 5) is 134. The van der Waals surface area contributed by atoms with Gasteiger partial charge in [0.05, 0.1) is 44.7 Å². The van der Waals surface area contributed by atoms with Gasteiger partial charge in [-0.1, -0.05) is 130 Å². The van der Waals surface area contributed by atoms with Crippen molar-refractivity contribution in [3.05, 3.63) is 143 Å². The molecule has 2 saturated carbocycles. The van der Waals surface area contributed by atoms with Gasteiger partial charge in [0.25, 0.3) is 5.91 Å². The zero-order chi connectivity index (χ0) is 62.8. The van der Waals surface area contributed by atoms with Gasteiger partial charge in [0.2, 0.25) is 47.3 Å². The maximum Gasteiger partial charge on any atom is 0.251 e. The Balaban J connectivity index is 1.22. The number of unbranched alkanes of at least 4 members (excludes halogenated alkanes) is 2. The van der Waals surface area contributed by atoms with Crippen molar-refractivity contribution in [3.63, 3.8) is 0 Å². The molecule has 0 unspecified atom stereocenters. The summed E-state index contributed by atoms with van der Waals surface area (Å²) in [5.41, 5.74) is 15.5. The van der Waals surface area contributed by atoms with Crippen molar-refractivity contribution in [1.29, 1.82) is 0 Å². The van der Waals surface area contributed by atoms with Gasteiger partial charge >= 0.3 is 0 Å². The van der Waals surface area contributed by atoms with Gasteiger partial charge < -0.3 is 52.3 Å². The highest BCUT2D eigenvalue weighted by atomic mass is 32.2. The van der Waals surface area contributed by atoms with Crippen LogP contribution in [0.1, 0.15) is 124 Å². The van der Waals surface area contributed by atoms with Crippen LogP contribution < -0.4 is 32.7 Å². The summed E-state index contributed by atoms with van der Waals surface area (Å²) in [7, 11) is 0. The van der Waals surface area contributed by atoms with Crippen LogP contribution in [0.4, 0.5) is 0 Å². The molecule has 4 aliphatic rings. The summed E-state index contributed by atoms with van der Waals surface area (Å²) < 4.78 is 0. The van der Waals surface area contributed by atoms with Gasteiger partial charge in [-0.15, -0.1) is 0 Å². The van der Waals surface area contributed by atoms with E-state index >= 15 is 0 Å².